The molecular weight excluding hydrogens is 264 g/mol. The number of hydrogen-bond donors (Lipinski definition) is 1. The maximum Gasteiger partial charge on any atom is 0.303 e. The van der Waals surface area contributed by atoms with Crippen LogP contribution in [-0.4, -0.2) is 25.2 Å². The van der Waals surface area contributed by atoms with E-state index in [1.807, 2.05) is 6.07 Å². The normalized spacial score (nSPS) is 21.9. The molecular formula is C14H16O4S. The predicted octanol–water partition coefficient (Wildman–Crippen LogP) is 1.98. The van der Waals surface area contributed by atoms with E-state index >= 15 is 0 Å². The van der Waals surface area contributed by atoms with Gasteiger partial charge in [-0.05, 0) is 48.3 Å². The standard InChI is InChI=1S/C14H16O4S/c15-14(16)8-12(9-1-2-9)10-3-4-13-11(7-10)5-6-19(13,17)18/h3-4,7,9,12H,1-2,5-6,8H2,(H,15,16). The SMILES string of the molecule is O=C(O)CC(c1ccc2c(c1)CCS2(=O)=O)C1CC1. The van der Waals surface area contributed by atoms with Crippen molar-refractivity contribution in [2.75, 3.05) is 5.75 Å². The fourth-order valence-corrected chi connectivity index (χ4v) is 4.47. The van der Waals surface area contributed by atoms with Crippen LogP contribution in [0.5, 0.6) is 0 Å². The summed E-state index contributed by atoms with van der Waals surface area (Å²) in [5, 5.41) is 9.00. The summed E-state index contributed by atoms with van der Waals surface area (Å²) in [6.45, 7) is 0. The van der Waals surface area contributed by atoms with Crippen LogP contribution in [0.15, 0.2) is 23.1 Å². The number of fused-ring (bicyclic) bond motifs is 1. The molecule has 1 aliphatic heterocycles. The molecule has 0 radical (unpaired) electrons. The number of carboxylic acid groups (broad SMARTS) is 1. The van der Waals surface area contributed by atoms with Crippen LogP contribution in [0, 0.1) is 5.92 Å². The van der Waals surface area contributed by atoms with E-state index in [0.29, 0.717) is 17.2 Å². The van der Waals surface area contributed by atoms with Crippen LogP contribution in [0.3, 0.4) is 0 Å². The highest BCUT2D eigenvalue weighted by atomic mass is 32.2. The van der Waals surface area contributed by atoms with Gasteiger partial charge < -0.3 is 5.11 Å². The van der Waals surface area contributed by atoms with Gasteiger partial charge in [-0.15, -0.1) is 0 Å². The quantitative estimate of drug-likeness (QED) is 0.915. The van der Waals surface area contributed by atoms with Gasteiger partial charge in [0.25, 0.3) is 0 Å². The minimum Gasteiger partial charge on any atom is -0.481 e. The number of benzene rings is 1. The molecule has 5 heteroatoms. The van der Waals surface area contributed by atoms with E-state index in [9.17, 15) is 13.2 Å². The fraction of sp³-hybridized carbons (Fsp3) is 0.500. The molecule has 0 bridgehead atoms. The van der Waals surface area contributed by atoms with E-state index in [0.717, 1.165) is 24.0 Å². The number of sulfone groups is 1. The molecule has 0 amide bonds. The summed E-state index contributed by atoms with van der Waals surface area (Å²) < 4.78 is 23.5. The van der Waals surface area contributed by atoms with Crippen molar-refractivity contribution in [3.63, 3.8) is 0 Å². The second-order valence-corrected chi connectivity index (χ2v) is 7.56. The molecule has 102 valence electrons. The summed E-state index contributed by atoms with van der Waals surface area (Å²) in [7, 11) is -3.09. The van der Waals surface area contributed by atoms with Gasteiger partial charge in [-0.25, -0.2) is 8.42 Å². The third-order valence-corrected chi connectivity index (χ3v) is 5.88. The Bertz CT molecular complexity index is 629. The maximum absolute atomic E-state index is 11.8. The van der Waals surface area contributed by atoms with Crippen molar-refractivity contribution < 1.29 is 18.3 Å². The average molecular weight is 280 g/mol. The molecule has 0 spiro atoms. The Kier molecular flexibility index (Phi) is 2.89. The molecule has 3 rings (SSSR count). The van der Waals surface area contributed by atoms with E-state index in [1.165, 1.54) is 0 Å². The molecule has 1 aromatic rings. The Morgan fingerprint density at radius 2 is 2.11 bits per heavy atom. The zero-order valence-corrected chi connectivity index (χ0v) is 11.3. The largest absolute Gasteiger partial charge is 0.481 e. The summed E-state index contributed by atoms with van der Waals surface area (Å²) in [6, 6.07) is 5.36. The third-order valence-electron chi connectivity index (χ3n) is 4.07. The highest BCUT2D eigenvalue weighted by Crippen LogP contribution is 2.45. The van der Waals surface area contributed by atoms with Crippen LogP contribution in [-0.2, 0) is 21.1 Å². The van der Waals surface area contributed by atoms with Gasteiger partial charge in [0, 0.05) is 0 Å². The van der Waals surface area contributed by atoms with E-state index in [1.54, 1.807) is 12.1 Å². The molecule has 2 aliphatic rings. The van der Waals surface area contributed by atoms with Crippen molar-refractivity contribution in [2.45, 2.75) is 36.5 Å². The van der Waals surface area contributed by atoms with Crippen LogP contribution < -0.4 is 0 Å². The first-order chi connectivity index (χ1) is 8.97. The Morgan fingerprint density at radius 3 is 2.74 bits per heavy atom. The van der Waals surface area contributed by atoms with Gasteiger partial charge in [0.05, 0.1) is 17.1 Å². The van der Waals surface area contributed by atoms with Crippen LogP contribution in [0.4, 0.5) is 0 Å². The number of carboxylic acids is 1. The lowest BCUT2D eigenvalue weighted by molar-refractivity contribution is -0.137. The Hall–Kier alpha value is -1.36. The van der Waals surface area contributed by atoms with Crippen molar-refractivity contribution in [3.05, 3.63) is 29.3 Å². The Balaban J connectivity index is 1.95. The van der Waals surface area contributed by atoms with Crippen molar-refractivity contribution in [3.8, 4) is 0 Å². The highest BCUT2D eigenvalue weighted by molar-refractivity contribution is 7.91. The molecule has 1 saturated carbocycles. The van der Waals surface area contributed by atoms with Crippen molar-refractivity contribution in [1.29, 1.82) is 0 Å². The van der Waals surface area contributed by atoms with Crippen LogP contribution in [0.2, 0.25) is 0 Å². The zero-order chi connectivity index (χ0) is 13.6. The second-order valence-electron chi connectivity index (χ2n) is 5.48. The summed E-state index contributed by atoms with van der Waals surface area (Å²) >= 11 is 0. The first kappa shape index (κ1) is 12.7. The third kappa shape index (κ3) is 2.39. The van der Waals surface area contributed by atoms with E-state index in [2.05, 4.69) is 0 Å². The molecule has 1 atom stereocenters. The number of hydrogen-bond acceptors (Lipinski definition) is 3. The molecule has 1 fully saturated rings. The number of rotatable bonds is 4. The molecule has 1 N–H and O–H groups in total. The molecule has 0 saturated heterocycles. The lowest BCUT2D eigenvalue weighted by Crippen LogP contribution is -2.09. The summed E-state index contributed by atoms with van der Waals surface area (Å²) in [5.41, 5.74) is 1.84. The minimum atomic E-state index is -3.09. The van der Waals surface area contributed by atoms with E-state index in [4.69, 9.17) is 5.11 Å². The van der Waals surface area contributed by atoms with Gasteiger partial charge in [-0.2, -0.15) is 0 Å². The van der Waals surface area contributed by atoms with Crippen LogP contribution in [0.1, 0.15) is 36.3 Å². The molecule has 1 aliphatic carbocycles. The predicted molar refractivity (Wildman–Crippen MR) is 69.9 cm³/mol. The molecule has 4 nitrogen and oxygen atoms in total. The van der Waals surface area contributed by atoms with Crippen LogP contribution >= 0.6 is 0 Å². The molecule has 1 unspecified atom stereocenters. The maximum atomic E-state index is 11.8. The van der Waals surface area contributed by atoms with Gasteiger partial charge >= 0.3 is 5.97 Å². The average Bonchev–Trinajstić information content (AvgIpc) is 3.13. The van der Waals surface area contributed by atoms with Crippen molar-refractivity contribution in [2.24, 2.45) is 5.92 Å². The smallest absolute Gasteiger partial charge is 0.303 e. The lowest BCUT2D eigenvalue weighted by Gasteiger charge is -2.15. The molecule has 1 aromatic carbocycles. The lowest BCUT2D eigenvalue weighted by atomic mass is 9.90. The number of aryl methyl sites for hydroxylation is 1. The van der Waals surface area contributed by atoms with Gasteiger partial charge in [0.15, 0.2) is 9.84 Å². The summed E-state index contributed by atoms with van der Waals surface area (Å²) in [5.74, 6) is -0.123. The first-order valence-corrected chi connectivity index (χ1v) is 8.20. The van der Waals surface area contributed by atoms with E-state index in [-0.39, 0.29) is 18.1 Å². The Labute approximate surface area is 112 Å². The minimum absolute atomic E-state index is 0.0334. The van der Waals surface area contributed by atoms with E-state index < -0.39 is 15.8 Å². The summed E-state index contributed by atoms with van der Waals surface area (Å²) in [6.07, 6.45) is 2.84. The van der Waals surface area contributed by atoms with Gasteiger partial charge in [-0.1, -0.05) is 12.1 Å². The number of carbonyl (C=O) groups is 1. The van der Waals surface area contributed by atoms with Crippen molar-refractivity contribution in [1.82, 2.24) is 0 Å². The van der Waals surface area contributed by atoms with Gasteiger partial charge in [0.1, 0.15) is 0 Å². The monoisotopic (exact) mass is 280 g/mol. The topological polar surface area (TPSA) is 71.4 Å². The first-order valence-electron chi connectivity index (χ1n) is 6.55. The molecule has 1 heterocycles. The number of aliphatic carboxylic acids is 1. The van der Waals surface area contributed by atoms with Crippen LogP contribution in [0.25, 0.3) is 0 Å². The summed E-state index contributed by atoms with van der Waals surface area (Å²) in [4.78, 5) is 11.4. The highest BCUT2D eigenvalue weighted by Gasteiger charge is 2.35. The second kappa shape index (κ2) is 4.34. The molecule has 19 heavy (non-hydrogen) atoms. The van der Waals surface area contributed by atoms with Gasteiger partial charge in [0.2, 0.25) is 0 Å². The Morgan fingerprint density at radius 1 is 1.37 bits per heavy atom. The zero-order valence-electron chi connectivity index (χ0n) is 10.5. The fourth-order valence-electron chi connectivity index (χ4n) is 2.93. The van der Waals surface area contributed by atoms with Crippen molar-refractivity contribution >= 4 is 15.8 Å². The van der Waals surface area contributed by atoms with Gasteiger partial charge in [-0.3, -0.25) is 4.79 Å². The molecule has 0 aromatic heterocycles.